The number of pyridine rings is 1. The normalized spacial score (nSPS) is 22.9. The minimum absolute atomic E-state index is 0.000661. The van der Waals surface area contributed by atoms with Crippen molar-refractivity contribution in [2.24, 2.45) is 0 Å². The van der Waals surface area contributed by atoms with E-state index in [0.717, 1.165) is 38.3 Å². The second-order valence-electron chi connectivity index (χ2n) is 8.05. The first-order valence-electron chi connectivity index (χ1n) is 10.4. The van der Waals surface area contributed by atoms with Crippen molar-refractivity contribution < 1.29 is 19.5 Å². The van der Waals surface area contributed by atoms with Crippen LogP contribution in [0.5, 0.6) is 0 Å². The van der Waals surface area contributed by atoms with Crippen molar-refractivity contribution in [1.29, 1.82) is 0 Å². The van der Waals surface area contributed by atoms with Crippen LogP contribution in [0.25, 0.3) is 0 Å². The Bertz CT molecular complexity index is 727. The summed E-state index contributed by atoms with van der Waals surface area (Å²) in [5, 5.41) is 11.9. The number of carbonyl (C=O) groups excluding carboxylic acids is 2. The quantitative estimate of drug-likeness (QED) is 0.682. The van der Waals surface area contributed by atoms with Crippen LogP contribution in [0.15, 0.2) is 24.4 Å². The van der Waals surface area contributed by atoms with Crippen LogP contribution in [-0.4, -0.2) is 69.4 Å². The number of hydrogen-bond donors (Lipinski definition) is 2. The van der Waals surface area contributed by atoms with Gasteiger partial charge in [-0.1, -0.05) is 6.07 Å². The standard InChI is InChI=1S/C21H30N4O4/c26-18-5-8-21(23-18,10-7-20(28)29)9-6-19(27)25-13-3-12-24(14-15-25)16-17-4-1-2-11-22-17/h1-2,4,11H,3,5-10,12-16H2,(H,23,26)(H,28,29)/t21-/m0/s1. The molecule has 2 aliphatic heterocycles. The van der Waals surface area contributed by atoms with Crippen molar-refractivity contribution in [2.75, 3.05) is 26.2 Å². The van der Waals surface area contributed by atoms with Crippen LogP contribution in [0.1, 0.15) is 50.6 Å². The molecule has 0 saturated carbocycles. The van der Waals surface area contributed by atoms with Crippen molar-refractivity contribution >= 4 is 17.8 Å². The number of aliphatic carboxylic acids is 1. The lowest BCUT2D eigenvalue weighted by atomic mass is 9.86. The molecule has 2 fully saturated rings. The van der Waals surface area contributed by atoms with E-state index in [9.17, 15) is 14.4 Å². The maximum atomic E-state index is 12.8. The number of amides is 2. The van der Waals surface area contributed by atoms with Gasteiger partial charge in [0, 0.05) is 63.7 Å². The van der Waals surface area contributed by atoms with Crippen LogP contribution in [0.4, 0.5) is 0 Å². The number of aromatic nitrogens is 1. The number of nitrogens with one attached hydrogen (secondary N) is 1. The predicted molar refractivity (Wildman–Crippen MR) is 107 cm³/mol. The molecule has 1 aromatic rings. The zero-order chi connectivity index (χ0) is 20.7. The van der Waals surface area contributed by atoms with E-state index >= 15 is 0 Å². The van der Waals surface area contributed by atoms with Gasteiger partial charge in [-0.15, -0.1) is 0 Å². The number of rotatable bonds is 8. The number of carboxylic acids is 1. The first-order valence-corrected chi connectivity index (χ1v) is 10.4. The molecule has 0 unspecified atom stereocenters. The van der Waals surface area contributed by atoms with Gasteiger partial charge in [0.1, 0.15) is 0 Å². The van der Waals surface area contributed by atoms with Crippen LogP contribution >= 0.6 is 0 Å². The lowest BCUT2D eigenvalue weighted by Crippen LogP contribution is -2.43. The molecular weight excluding hydrogens is 372 g/mol. The molecule has 0 aromatic carbocycles. The monoisotopic (exact) mass is 402 g/mol. The van der Waals surface area contributed by atoms with Gasteiger partial charge in [0.25, 0.3) is 0 Å². The Morgan fingerprint density at radius 1 is 1.14 bits per heavy atom. The maximum Gasteiger partial charge on any atom is 0.303 e. The first kappa shape index (κ1) is 21.2. The minimum Gasteiger partial charge on any atom is -0.481 e. The molecule has 0 aliphatic carbocycles. The number of carboxylic acid groups (broad SMARTS) is 1. The third kappa shape index (κ3) is 6.25. The van der Waals surface area contributed by atoms with Gasteiger partial charge in [0.05, 0.1) is 5.69 Å². The Morgan fingerprint density at radius 2 is 1.97 bits per heavy atom. The molecule has 3 heterocycles. The topological polar surface area (TPSA) is 103 Å². The molecule has 2 aliphatic rings. The summed E-state index contributed by atoms with van der Waals surface area (Å²) in [5.41, 5.74) is 0.478. The van der Waals surface area contributed by atoms with Crippen LogP contribution in [0, 0.1) is 0 Å². The minimum atomic E-state index is -0.877. The fourth-order valence-electron chi connectivity index (χ4n) is 4.22. The zero-order valence-corrected chi connectivity index (χ0v) is 16.8. The fraction of sp³-hybridized carbons (Fsp3) is 0.619. The Balaban J connectivity index is 1.49. The SMILES string of the molecule is O=C(O)CC[C@@]1(CCC(=O)N2CCCN(Cc3ccccn3)CC2)CCC(=O)N1. The Hall–Kier alpha value is -2.48. The second kappa shape index (κ2) is 9.82. The largest absolute Gasteiger partial charge is 0.481 e. The summed E-state index contributed by atoms with van der Waals surface area (Å²) in [7, 11) is 0. The van der Waals surface area contributed by atoms with E-state index in [1.807, 2.05) is 23.1 Å². The molecule has 8 nitrogen and oxygen atoms in total. The van der Waals surface area contributed by atoms with Crippen molar-refractivity contribution in [1.82, 2.24) is 20.1 Å². The molecule has 8 heteroatoms. The van der Waals surface area contributed by atoms with E-state index < -0.39 is 11.5 Å². The summed E-state index contributed by atoms with van der Waals surface area (Å²) in [4.78, 5) is 44.1. The van der Waals surface area contributed by atoms with Crippen molar-refractivity contribution in [3.63, 3.8) is 0 Å². The van der Waals surface area contributed by atoms with Crippen molar-refractivity contribution in [2.45, 2.75) is 57.0 Å². The smallest absolute Gasteiger partial charge is 0.303 e. The summed E-state index contributed by atoms with van der Waals surface area (Å²) in [5.74, 6) is -0.847. The summed E-state index contributed by atoms with van der Waals surface area (Å²) < 4.78 is 0. The molecule has 3 rings (SSSR count). The molecule has 2 saturated heterocycles. The first-order chi connectivity index (χ1) is 14.0. The van der Waals surface area contributed by atoms with E-state index in [2.05, 4.69) is 15.2 Å². The fourth-order valence-corrected chi connectivity index (χ4v) is 4.22. The van der Waals surface area contributed by atoms with Gasteiger partial charge in [-0.25, -0.2) is 0 Å². The van der Waals surface area contributed by atoms with Gasteiger partial charge in [0.15, 0.2) is 0 Å². The van der Waals surface area contributed by atoms with Crippen LogP contribution in [0.3, 0.4) is 0 Å². The molecule has 29 heavy (non-hydrogen) atoms. The van der Waals surface area contributed by atoms with Gasteiger partial charge in [-0.2, -0.15) is 0 Å². The highest BCUT2D eigenvalue weighted by Gasteiger charge is 2.38. The molecule has 1 atom stereocenters. The highest BCUT2D eigenvalue weighted by atomic mass is 16.4. The van der Waals surface area contributed by atoms with Gasteiger partial charge in [-0.05, 0) is 37.8 Å². The van der Waals surface area contributed by atoms with Crippen LogP contribution in [-0.2, 0) is 20.9 Å². The van der Waals surface area contributed by atoms with Crippen molar-refractivity contribution in [3.8, 4) is 0 Å². The third-order valence-corrected chi connectivity index (χ3v) is 5.92. The molecule has 2 amide bonds. The summed E-state index contributed by atoms with van der Waals surface area (Å²) in [6.45, 7) is 3.93. The molecule has 1 aromatic heterocycles. The van der Waals surface area contributed by atoms with Gasteiger partial charge >= 0.3 is 5.97 Å². The van der Waals surface area contributed by atoms with Gasteiger partial charge in [0.2, 0.25) is 11.8 Å². The Kier molecular flexibility index (Phi) is 7.19. The Labute approximate surface area is 171 Å². The number of nitrogens with zero attached hydrogens (tertiary/aromatic N) is 3. The van der Waals surface area contributed by atoms with Crippen molar-refractivity contribution in [3.05, 3.63) is 30.1 Å². The van der Waals surface area contributed by atoms with Gasteiger partial charge in [-0.3, -0.25) is 24.3 Å². The number of hydrogen-bond acceptors (Lipinski definition) is 5. The average Bonchev–Trinajstić information content (AvgIpc) is 2.92. The number of carbonyl (C=O) groups is 3. The molecule has 158 valence electrons. The molecular formula is C21H30N4O4. The van der Waals surface area contributed by atoms with Crippen LogP contribution in [0.2, 0.25) is 0 Å². The molecule has 0 spiro atoms. The third-order valence-electron chi connectivity index (χ3n) is 5.92. The van der Waals surface area contributed by atoms with E-state index in [1.165, 1.54) is 0 Å². The lowest BCUT2D eigenvalue weighted by molar-refractivity contribution is -0.137. The molecule has 2 N–H and O–H groups in total. The summed E-state index contributed by atoms with van der Waals surface area (Å²) in [6, 6.07) is 5.90. The predicted octanol–water partition coefficient (Wildman–Crippen LogP) is 1.41. The van der Waals surface area contributed by atoms with E-state index in [0.29, 0.717) is 38.6 Å². The van der Waals surface area contributed by atoms with E-state index in [1.54, 1.807) is 6.20 Å². The lowest BCUT2D eigenvalue weighted by Gasteiger charge is -2.30. The summed E-state index contributed by atoms with van der Waals surface area (Å²) >= 11 is 0. The maximum absolute atomic E-state index is 12.8. The van der Waals surface area contributed by atoms with Crippen LogP contribution < -0.4 is 5.32 Å². The average molecular weight is 402 g/mol. The zero-order valence-electron chi connectivity index (χ0n) is 16.8. The molecule has 0 radical (unpaired) electrons. The second-order valence-corrected chi connectivity index (χ2v) is 8.05. The summed E-state index contributed by atoms with van der Waals surface area (Å²) in [6.07, 6.45) is 4.92. The molecule has 0 bridgehead atoms. The highest BCUT2D eigenvalue weighted by Crippen LogP contribution is 2.30. The van der Waals surface area contributed by atoms with E-state index in [-0.39, 0.29) is 18.2 Å². The Morgan fingerprint density at radius 3 is 2.66 bits per heavy atom. The van der Waals surface area contributed by atoms with Gasteiger partial charge < -0.3 is 15.3 Å². The van der Waals surface area contributed by atoms with E-state index in [4.69, 9.17) is 5.11 Å². The highest BCUT2D eigenvalue weighted by molar-refractivity contribution is 5.80.